The monoisotopic (exact) mass is 656 g/mol. The van der Waals surface area contributed by atoms with E-state index in [9.17, 15) is 0 Å². The molecule has 0 saturated carbocycles. The number of ether oxygens (including phenoxy) is 6. The Morgan fingerprint density at radius 3 is 1.47 bits per heavy atom. The zero-order valence-corrected chi connectivity index (χ0v) is 27.7. The van der Waals surface area contributed by atoms with Gasteiger partial charge in [0.25, 0.3) is 0 Å². The molecular weight excluding hydrogens is 616 g/mol. The molecule has 0 atom stereocenters. The van der Waals surface area contributed by atoms with Gasteiger partial charge in [-0.15, -0.1) is 0 Å². The molecule has 3 aliphatic rings. The van der Waals surface area contributed by atoms with Gasteiger partial charge >= 0.3 is 0 Å². The smallest absolute Gasteiger partial charge is 0.119 e. The first-order valence-corrected chi connectivity index (χ1v) is 16.8. The molecule has 2 aromatic heterocycles. The van der Waals surface area contributed by atoms with Gasteiger partial charge in [0.2, 0.25) is 0 Å². The first kappa shape index (κ1) is 32.7. The third-order valence-electron chi connectivity index (χ3n) is 8.41. The van der Waals surface area contributed by atoms with Gasteiger partial charge < -0.3 is 28.4 Å². The van der Waals surface area contributed by atoms with Crippen LogP contribution in [0.2, 0.25) is 0 Å². The Balaban J connectivity index is 1.24. The van der Waals surface area contributed by atoms with Crippen molar-refractivity contribution in [2.24, 2.45) is 0 Å². The van der Waals surface area contributed by atoms with Crippen molar-refractivity contribution in [3.63, 3.8) is 0 Å². The fourth-order valence-corrected chi connectivity index (χ4v) is 5.79. The second kappa shape index (κ2) is 16.0. The minimum Gasteiger partial charge on any atom is -0.491 e. The number of aryl methyl sites for hydroxylation is 1. The normalized spacial score (nSPS) is 15.4. The van der Waals surface area contributed by atoms with Gasteiger partial charge in [0.1, 0.15) is 24.7 Å². The topological polar surface area (TPSA) is 81.2 Å². The molecule has 250 valence electrons. The van der Waals surface area contributed by atoms with Gasteiger partial charge in [-0.3, -0.25) is 0 Å². The van der Waals surface area contributed by atoms with E-state index in [1.807, 2.05) is 36.4 Å². The summed E-state index contributed by atoms with van der Waals surface area (Å²) in [6, 6.07) is 35.4. The molecule has 6 aromatic rings. The fraction of sp³-hybridized carbons (Fsp3) is 0.268. The number of rotatable bonds is 1. The fourth-order valence-electron chi connectivity index (χ4n) is 5.79. The van der Waals surface area contributed by atoms with E-state index in [0.717, 1.165) is 66.9 Å². The average molecular weight is 657 g/mol. The lowest BCUT2D eigenvalue weighted by Gasteiger charge is -2.14. The number of hydrogen-bond acceptors (Lipinski definition) is 8. The predicted octanol–water partition coefficient (Wildman–Crippen LogP) is 7.93. The minimum absolute atomic E-state index is 0.446. The molecule has 0 radical (unpaired) electrons. The van der Waals surface area contributed by atoms with E-state index < -0.39 is 0 Å². The molecule has 5 heterocycles. The summed E-state index contributed by atoms with van der Waals surface area (Å²) in [7, 11) is 0. The molecule has 8 bridgehead atoms. The molecule has 0 N–H and O–H groups in total. The molecule has 4 aromatic carbocycles. The Hall–Kier alpha value is -4.86. The maximum Gasteiger partial charge on any atom is 0.119 e. The Morgan fingerprint density at radius 2 is 0.898 bits per heavy atom. The third kappa shape index (κ3) is 8.24. The van der Waals surface area contributed by atoms with Gasteiger partial charge in [-0.2, -0.15) is 0 Å². The van der Waals surface area contributed by atoms with Crippen molar-refractivity contribution in [3.05, 3.63) is 109 Å². The maximum atomic E-state index is 5.95. The predicted molar refractivity (Wildman–Crippen MR) is 192 cm³/mol. The van der Waals surface area contributed by atoms with Crippen molar-refractivity contribution in [3.8, 4) is 45.1 Å². The lowest BCUT2D eigenvalue weighted by Crippen LogP contribution is -2.14. The summed E-state index contributed by atoms with van der Waals surface area (Å²) in [5, 5.41) is 2.09. The van der Waals surface area contributed by atoms with Crippen LogP contribution in [-0.2, 0) is 18.9 Å². The Bertz CT molecular complexity index is 1980. The number of pyridine rings is 2. The van der Waals surface area contributed by atoms with Crippen molar-refractivity contribution < 1.29 is 28.4 Å². The summed E-state index contributed by atoms with van der Waals surface area (Å²) in [5.41, 5.74) is 8.91. The molecule has 8 nitrogen and oxygen atoms in total. The number of benzene rings is 4. The van der Waals surface area contributed by atoms with Gasteiger partial charge in [-0.25, -0.2) is 9.97 Å². The van der Waals surface area contributed by atoms with Gasteiger partial charge in [-0.1, -0.05) is 48.0 Å². The highest BCUT2D eigenvalue weighted by atomic mass is 16.6. The van der Waals surface area contributed by atoms with E-state index in [4.69, 9.17) is 38.4 Å². The highest BCUT2D eigenvalue weighted by Crippen LogP contribution is 2.36. The van der Waals surface area contributed by atoms with Crippen LogP contribution in [0.3, 0.4) is 0 Å². The van der Waals surface area contributed by atoms with Crippen LogP contribution >= 0.6 is 0 Å². The van der Waals surface area contributed by atoms with E-state index in [1.54, 1.807) is 0 Å². The van der Waals surface area contributed by atoms with Gasteiger partial charge in [-0.05, 0) is 78.7 Å². The van der Waals surface area contributed by atoms with Gasteiger partial charge in [0.05, 0.1) is 75.3 Å². The van der Waals surface area contributed by atoms with Crippen LogP contribution in [0.15, 0.2) is 103 Å². The molecule has 0 aliphatic carbocycles. The van der Waals surface area contributed by atoms with Crippen LogP contribution in [0.25, 0.3) is 55.4 Å². The van der Waals surface area contributed by atoms with Crippen LogP contribution in [0.1, 0.15) is 5.56 Å². The zero-order chi connectivity index (χ0) is 33.3. The van der Waals surface area contributed by atoms with Crippen LogP contribution in [0.5, 0.6) is 11.5 Å². The van der Waals surface area contributed by atoms with Crippen LogP contribution in [-0.4, -0.2) is 76.0 Å². The summed E-state index contributed by atoms with van der Waals surface area (Å²) in [6.45, 7) is 6.98. The molecule has 0 amide bonds. The quantitative estimate of drug-likeness (QED) is 0.165. The first-order chi connectivity index (χ1) is 24.2. The molecule has 0 fully saturated rings. The molecule has 3 aliphatic heterocycles. The number of nitrogens with zero attached hydrogens (tertiary/aromatic N) is 2. The Kier molecular flexibility index (Phi) is 10.7. The molecule has 9 rings (SSSR count). The number of hydrogen-bond donors (Lipinski definition) is 0. The highest BCUT2D eigenvalue weighted by Gasteiger charge is 2.14. The summed E-state index contributed by atoms with van der Waals surface area (Å²) in [4.78, 5) is 10.4. The van der Waals surface area contributed by atoms with E-state index in [0.29, 0.717) is 66.1 Å². The molecule has 0 unspecified atom stereocenters. The van der Waals surface area contributed by atoms with Crippen LogP contribution in [0, 0.1) is 6.92 Å². The second-order valence-corrected chi connectivity index (χ2v) is 11.8. The standard InChI is InChI=1S/C41H40N2O6/c1-29-2-4-30(5-3-29)37-28-39-32-8-14-35(15-9-32)49-27-25-47-23-21-45-19-18-44-20-22-46-24-26-48-34-12-6-31(7-13-34)38-17-11-33-10-16-36(37)41(43-39)40(33)42-38/h2-17,28H,18-27H2,1H3. The molecule has 49 heavy (non-hydrogen) atoms. The summed E-state index contributed by atoms with van der Waals surface area (Å²) < 4.78 is 34.3. The average Bonchev–Trinajstić information content (AvgIpc) is 3.14. The minimum atomic E-state index is 0.446. The Morgan fingerprint density at radius 1 is 0.429 bits per heavy atom. The number of aromatic nitrogens is 2. The zero-order valence-electron chi connectivity index (χ0n) is 27.7. The number of fused-ring (bicyclic) bond motifs is 2. The van der Waals surface area contributed by atoms with Crippen molar-refractivity contribution in [1.29, 1.82) is 0 Å². The van der Waals surface area contributed by atoms with Gasteiger partial charge in [0, 0.05) is 21.9 Å². The largest absolute Gasteiger partial charge is 0.491 e. The lowest BCUT2D eigenvalue weighted by atomic mass is 9.96. The molecule has 8 heteroatoms. The van der Waals surface area contributed by atoms with E-state index >= 15 is 0 Å². The van der Waals surface area contributed by atoms with Crippen LogP contribution < -0.4 is 9.47 Å². The van der Waals surface area contributed by atoms with Gasteiger partial charge in [0.15, 0.2) is 0 Å². The van der Waals surface area contributed by atoms with Crippen molar-refractivity contribution >= 4 is 21.8 Å². The molecule has 0 spiro atoms. The van der Waals surface area contributed by atoms with Crippen molar-refractivity contribution in [1.82, 2.24) is 9.97 Å². The van der Waals surface area contributed by atoms with E-state index in [-0.39, 0.29) is 0 Å². The maximum absolute atomic E-state index is 5.95. The van der Waals surface area contributed by atoms with E-state index in [1.165, 1.54) is 5.56 Å². The highest BCUT2D eigenvalue weighted by molar-refractivity contribution is 6.09. The van der Waals surface area contributed by atoms with Crippen molar-refractivity contribution in [2.45, 2.75) is 6.92 Å². The summed E-state index contributed by atoms with van der Waals surface area (Å²) in [5.74, 6) is 1.55. The van der Waals surface area contributed by atoms with E-state index in [2.05, 4.69) is 73.7 Å². The Labute approximate surface area is 286 Å². The van der Waals surface area contributed by atoms with Crippen LogP contribution in [0.4, 0.5) is 0 Å². The molecular formula is C41H40N2O6. The summed E-state index contributed by atoms with van der Waals surface area (Å²) >= 11 is 0. The molecule has 0 saturated heterocycles. The second-order valence-electron chi connectivity index (χ2n) is 11.8. The summed E-state index contributed by atoms with van der Waals surface area (Å²) in [6.07, 6.45) is 0. The SMILES string of the molecule is Cc1ccc(-c2cc3nc4c2ccc2ccc(nc24)-c2ccc(cc2)OCCOCCOCCOCCOCCOc2ccc-3cc2)cc1. The third-order valence-corrected chi connectivity index (χ3v) is 8.41. The lowest BCUT2D eigenvalue weighted by molar-refractivity contribution is -0.00698. The first-order valence-electron chi connectivity index (χ1n) is 16.8. The van der Waals surface area contributed by atoms with Crippen molar-refractivity contribution in [2.75, 3.05) is 66.1 Å².